The van der Waals surface area contributed by atoms with Crippen molar-refractivity contribution in [3.8, 4) is 0 Å². The van der Waals surface area contributed by atoms with Crippen molar-refractivity contribution >= 4 is 15.7 Å². The molecule has 2 N–H and O–H groups in total. The molecule has 0 saturated heterocycles. The van der Waals surface area contributed by atoms with Crippen LogP contribution >= 0.6 is 0 Å². The molecule has 0 radical (unpaired) electrons. The number of rotatable bonds is 4. The molecule has 1 fully saturated rings. The number of aryl methyl sites for hydroxylation is 1. The quantitative estimate of drug-likeness (QED) is 0.906. The van der Waals surface area contributed by atoms with Crippen molar-refractivity contribution in [3.63, 3.8) is 0 Å². The van der Waals surface area contributed by atoms with Gasteiger partial charge in [-0.3, -0.25) is 9.52 Å². The fourth-order valence-corrected chi connectivity index (χ4v) is 4.11. The standard InChI is InChI=1S/C15H16N2O3S/c1-10-7-12(9-16-15(10)18)17-21(19,20)14-8-13(14)11-5-3-2-4-6-11/h2-7,9,13-14,17H,8H2,1H3,(H,16,18)/t13-,14+/m0/s1. The lowest BCUT2D eigenvalue weighted by molar-refractivity contribution is 0.599. The van der Waals surface area contributed by atoms with Gasteiger partial charge < -0.3 is 4.98 Å². The summed E-state index contributed by atoms with van der Waals surface area (Å²) < 4.78 is 27.2. The maximum atomic E-state index is 12.3. The zero-order valence-electron chi connectivity index (χ0n) is 11.5. The molecule has 1 heterocycles. The number of benzene rings is 1. The Kier molecular flexibility index (Phi) is 3.33. The first-order valence-corrected chi connectivity index (χ1v) is 8.28. The minimum absolute atomic E-state index is 0.0487. The van der Waals surface area contributed by atoms with E-state index in [9.17, 15) is 13.2 Å². The minimum Gasteiger partial charge on any atom is -0.327 e. The Hall–Kier alpha value is -2.08. The smallest absolute Gasteiger partial charge is 0.250 e. The van der Waals surface area contributed by atoms with Crippen LogP contribution in [0.4, 0.5) is 5.69 Å². The van der Waals surface area contributed by atoms with Crippen LogP contribution in [0.1, 0.15) is 23.5 Å². The van der Waals surface area contributed by atoms with Crippen LogP contribution < -0.4 is 10.3 Å². The van der Waals surface area contributed by atoms with Crippen LogP contribution in [0.15, 0.2) is 47.4 Å². The van der Waals surface area contributed by atoms with E-state index in [1.807, 2.05) is 30.3 Å². The fraction of sp³-hybridized carbons (Fsp3) is 0.267. The number of hydrogen-bond acceptors (Lipinski definition) is 3. The second kappa shape index (κ2) is 5.04. The summed E-state index contributed by atoms with van der Waals surface area (Å²) in [4.78, 5) is 13.8. The molecular weight excluding hydrogens is 288 g/mol. The van der Waals surface area contributed by atoms with E-state index in [0.29, 0.717) is 17.7 Å². The van der Waals surface area contributed by atoms with Crippen molar-refractivity contribution in [2.45, 2.75) is 24.5 Å². The second-order valence-corrected chi connectivity index (χ2v) is 7.24. The van der Waals surface area contributed by atoms with Crippen LogP contribution in [-0.2, 0) is 10.0 Å². The highest BCUT2D eigenvalue weighted by Gasteiger charge is 2.48. The first-order chi connectivity index (χ1) is 9.97. The molecule has 21 heavy (non-hydrogen) atoms. The monoisotopic (exact) mass is 304 g/mol. The zero-order valence-corrected chi connectivity index (χ0v) is 12.4. The molecule has 1 aliphatic carbocycles. The van der Waals surface area contributed by atoms with Gasteiger partial charge in [0.15, 0.2) is 0 Å². The third-order valence-corrected chi connectivity index (χ3v) is 5.55. The Labute approximate surface area is 123 Å². The van der Waals surface area contributed by atoms with Crippen LogP contribution in [0.2, 0.25) is 0 Å². The summed E-state index contributed by atoms with van der Waals surface area (Å²) in [6.07, 6.45) is 2.01. The molecule has 1 aliphatic rings. The highest BCUT2D eigenvalue weighted by molar-refractivity contribution is 7.93. The third-order valence-electron chi connectivity index (χ3n) is 3.71. The summed E-state index contributed by atoms with van der Waals surface area (Å²) >= 11 is 0. The summed E-state index contributed by atoms with van der Waals surface area (Å²) in [5.41, 5.74) is 1.70. The van der Waals surface area contributed by atoms with Gasteiger partial charge in [-0.2, -0.15) is 0 Å². The molecule has 2 atom stereocenters. The number of hydrogen-bond donors (Lipinski definition) is 2. The van der Waals surface area contributed by atoms with E-state index in [1.165, 1.54) is 12.3 Å². The molecule has 0 bridgehead atoms. The van der Waals surface area contributed by atoms with Crippen molar-refractivity contribution < 1.29 is 8.42 Å². The van der Waals surface area contributed by atoms with Crippen molar-refractivity contribution in [3.05, 3.63) is 64.1 Å². The maximum absolute atomic E-state index is 12.3. The van der Waals surface area contributed by atoms with Gasteiger partial charge in [0.1, 0.15) is 0 Å². The van der Waals surface area contributed by atoms with E-state index in [1.54, 1.807) is 6.92 Å². The Bertz CT molecular complexity index is 812. The van der Waals surface area contributed by atoms with Gasteiger partial charge in [-0.25, -0.2) is 8.42 Å². The van der Waals surface area contributed by atoms with Crippen molar-refractivity contribution in [1.82, 2.24) is 4.98 Å². The molecule has 0 aliphatic heterocycles. The number of anilines is 1. The SMILES string of the molecule is Cc1cc(NS(=O)(=O)[C@@H]2C[C@H]2c2ccccc2)c[nH]c1=O. The molecule has 1 aromatic heterocycles. The largest absolute Gasteiger partial charge is 0.327 e. The van der Waals surface area contributed by atoms with Crippen LogP contribution in [0, 0.1) is 6.92 Å². The van der Waals surface area contributed by atoms with Gasteiger partial charge in [-0.15, -0.1) is 0 Å². The highest BCUT2D eigenvalue weighted by Crippen LogP contribution is 2.46. The van der Waals surface area contributed by atoms with E-state index in [2.05, 4.69) is 9.71 Å². The predicted octanol–water partition coefficient (Wildman–Crippen LogP) is 1.98. The second-order valence-electron chi connectivity index (χ2n) is 5.34. The van der Waals surface area contributed by atoms with E-state index in [0.717, 1.165) is 5.56 Å². The number of aromatic amines is 1. The summed E-state index contributed by atoms with van der Waals surface area (Å²) in [5.74, 6) is 0.0487. The molecular formula is C15H16N2O3S. The van der Waals surface area contributed by atoms with E-state index < -0.39 is 15.3 Å². The maximum Gasteiger partial charge on any atom is 0.250 e. The van der Waals surface area contributed by atoms with Gasteiger partial charge >= 0.3 is 0 Å². The molecule has 0 unspecified atom stereocenters. The Morgan fingerprint density at radius 2 is 1.95 bits per heavy atom. The normalized spacial score (nSPS) is 21.0. The molecule has 110 valence electrons. The van der Waals surface area contributed by atoms with Gasteiger partial charge in [-0.1, -0.05) is 30.3 Å². The number of aromatic nitrogens is 1. The molecule has 6 heteroatoms. The van der Waals surface area contributed by atoms with Crippen LogP contribution in [-0.4, -0.2) is 18.7 Å². The van der Waals surface area contributed by atoms with Crippen molar-refractivity contribution in [2.75, 3.05) is 4.72 Å². The fourth-order valence-electron chi connectivity index (χ4n) is 2.46. The van der Waals surface area contributed by atoms with E-state index in [4.69, 9.17) is 0 Å². The number of nitrogens with one attached hydrogen (secondary N) is 2. The molecule has 5 nitrogen and oxygen atoms in total. The average Bonchev–Trinajstić information content (AvgIpc) is 3.25. The summed E-state index contributed by atoms with van der Waals surface area (Å²) in [5, 5.41) is -0.410. The van der Waals surface area contributed by atoms with E-state index in [-0.39, 0.29) is 11.5 Å². The molecule has 3 rings (SSSR count). The first-order valence-electron chi connectivity index (χ1n) is 6.73. The van der Waals surface area contributed by atoms with Crippen molar-refractivity contribution in [1.29, 1.82) is 0 Å². The lowest BCUT2D eigenvalue weighted by Gasteiger charge is -2.08. The van der Waals surface area contributed by atoms with Crippen LogP contribution in [0.3, 0.4) is 0 Å². The third kappa shape index (κ3) is 2.85. The van der Waals surface area contributed by atoms with Gasteiger partial charge in [0.05, 0.1) is 10.9 Å². The van der Waals surface area contributed by atoms with Crippen LogP contribution in [0.5, 0.6) is 0 Å². The molecule has 0 amide bonds. The Balaban J connectivity index is 1.77. The average molecular weight is 304 g/mol. The molecule has 0 spiro atoms. The number of sulfonamides is 1. The van der Waals surface area contributed by atoms with Crippen LogP contribution in [0.25, 0.3) is 0 Å². The van der Waals surface area contributed by atoms with Gasteiger partial charge in [0, 0.05) is 17.7 Å². The Morgan fingerprint density at radius 1 is 1.24 bits per heavy atom. The summed E-state index contributed by atoms with van der Waals surface area (Å²) in [6, 6.07) is 11.2. The summed E-state index contributed by atoms with van der Waals surface area (Å²) in [6.45, 7) is 1.64. The molecule has 1 saturated carbocycles. The Morgan fingerprint density at radius 3 is 2.62 bits per heavy atom. The minimum atomic E-state index is -3.44. The molecule has 1 aromatic carbocycles. The highest BCUT2D eigenvalue weighted by atomic mass is 32.2. The lowest BCUT2D eigenvalue weighted by Crippen LogP contribution is -2.20. The van der Waals surface area contributed by atoms with Gasteiger partial charge in [-0.05, 0) is 25.0 Å². The van der Waals surface area contributed by atoms with E-state index >= 15 is 0 Å². The first kappa shape index (κ1) is 13.9. The zero-order chi connectivity index (χ0) is 15.0. The number of pyridine rings is 1. The topological polar surface area (TPSA) is 79.0 Å². The predicted molar refractivity (Wildman–Crippen MR) is 81.9 cm³/mol. The summed E-state index contributed by atoms with van der Waals surface area (Å²) in [7, 11) is -3.44. The molecule has 2 aromatic rings. The number of H-pyrrole nitrogens is 1. The lowest BCUT2D eigenvalue weighted by atomic mass is 10.1. The van der Waals surface area contributed by atoms with Gasteiger partial charge in [0.2, 0.25) is 10.0 Å². The van der Waals surface area contributed by atoms with Gasteiger partial charge in [0.25, 0.3) is 5.56 Å². The van der Waals surface area contributed by atoms with Crippen molar-refractivity contribution in [2.24, 2.45) is 0 Å².